The van der Waals surface area contributed by atoms with Crippen LogP contribution in [0.3, 0.4) is 0 Å². The predicted molar refractivity (Wildman–Crippen MR) is 76.9 cm³/mol. The van der Waals surface area contributed by atoms with Gasteiger partial charge in [0.1, 0.15) is 0 Å². The second kappa shape index (κ2) is 4.40. The SMILES string of the molecule is CC1(C)C(CNCc2cccc(Br)c2)C1(C)C. The van der Waals surface area contributed by atoms with Gasteiger partial charge in [-0.15, -0.1) is 0 Å². The molecule has 0 atom stereocenters. The van der Waals surface area contributed by atoms with E-state index >= 15 is 0 Å². The van der Waals surface area contributed by atoms with Gasteiger partial charge in [0.2, 0.25) is 0 Å². The van der Waals surface area contributed by atoms with E-state index in [-0.39, 0.29) is 0 Å². The van der Waals surface area contributed by atoms with E-state index in [4.69, 9.17) is 0 Å². The van der Waals surface area contributed by atoms with Gasteiger partial charge >= 0.3 is 0 Å². The summed E-state index contributed by atoms with van der Waals surface area (Å²) in [6.45, 7) is 11.6. The van der Waals surface area contributed by atoms with Gasteiger partial charge in [-0.2, -0.15) is 0 Å². The normalized spacial score (nSPS) is 21.5. The molecule has 0 spiro atoms. The zero-order valence-electron chi connectivity index (χ0n) is 11.2. The molecule has 0 radical (unpaired) electrons. The Labute approximate surface area is 113 Å². The topological polar surface area (TPSA) is 12.0 Å². The zero-order valence-corrected chi connectivity index (χ0v) is 12.8. The molecule has 1 aliphatic carbocycles. The third kappa shape index (κ3) is 2.43. The molecule has 1 nitrogen and oxygen atoms in total. The highest BCUT2D eigenvalue weighted by atomic mass is 79.9. The van der Waals surface area contributed by atoms with Crippen molar-refractivity contribution in [2.75, 3.05) is 6.54 Å². The Kier molecular flexibility index (Phi) is 3.39. The minimum atomic E-state index is 0.483. The molecule has 0 amide bonds. The second-order valence-electron chi connectivity index (χ2n) is 6.26. The minimum Gasteiger partial charge on any atom is -0.312 e. The first-order chi connectivity index (χ1) is 7.85. The smallest absolute Gasteiger partial charge is 0.0206 e. The zero-order chi connectivity index (χ0) is 12.7. The van der Waals surface area contributed by atoms with Gasteiger partial charge < -0.3 is 5.32 Å². The summed E-state index contributed by atoms with van der Waals surface area (Å²) < 4.78 is 1.16. The van der Waals surface area contributed by atoms with E-state index in [1.54, 1.807) is 0 Å². The van der Waals surface area contributed by atoms with Crippen LogP contribution in [0.1, 0.15) is 33.3 Å². The maximum atomic E-state index is 3.58. The van der Waals surface area contributed by atoms with Crippen LogP contribution >= 0.6 is 15.9 Å². The first kappa shape index (κ1) is 13.1. The molecular formula is C15H22BrN. The van der Waals surface area contributed by atoms with Crippen LogP contribution in [-0.4, -0.2) is 6.54 Å². The van der Waals surface area contributed by atoms with E-state index in [2.05, 4.69) is 73.2 Å². The predicted octanol–water partition coefficient (Wildman–Crippen LogP) is 4.22. The van der Waals surface area contributed by atoms with Crippen molar-refractivity contribution in [3.63, 3.8) is 0 Å². The van der Waals surface area contributed by atoms with Crippen LogP contribution in [0.15, 0.2) is 28.7 Å². The summed E-state index contributed by atoms with van der Waals surface area (Å²) >= 11 is 3.50. The average molecular weight is 296 g/mol. The molecule has 1 aromatic rings. The van der Waals surface area contributed by atoms with Gasteiger partial charge in [0, 0.05) is 11.0 Å². The van der Waals surface area contributed by atoms with Crippen molar-refractivity contribution in [1.29, 1.82) is 0 Å². The molecule has 1 aromatic carbocycles. The van der Waals surface area contributed by atoms with Gasteiger partial charge in [0.05, 0.1) is 0 Å². The van der Waals surface area contributed by atoms with Crippen molar-refractivity contribution in [2.24, 2.45) is 16.7 Å². The molecule has 0 unspecified atom stereocenters. The highest BCUT2D eigenvalue weighted by Crippen LogP contribution is 2.67. The maximum Gasteiger partial charge on any atom is 0.0206 e. The van der Waals surface area contributed by atoms with Gasteiger partial charge in [0.15, 0.2) is 0 Å². The number of hydrogen-bond acceptors (Lipinski definition) is 1. The van der Waals surface area contributed by atoms with Crippen molar-refractivity contribution < 1.29 is 0 Å². The second-order valence-corrected chi connectivity index (χ2v) is 7.17. The molecule has 1 saturated carbocycles. The van der Waals surface area contributed by atoms with E-state index < -0.39 is 0 Å². The minimum absolute atomic E-state index is 0.483. The summed E-state index contributed by atoms with van der Waals surface area (Å²) in [6, 6.07) is 8.50. The first-order valence-corrected chi connectivity index (χ1v) is 7.10. The lowest BCUT2D eigenvalue weighted by Gasteiger charge is -2.06. The van der Waals surface area contributed by atoms with Crippen molar-refractivity contribution in [3.8, 4) is 0 Å². The van der Waals surface area contributed by atoms with Crippen molar-refractivity contribution in [2.45, 2.75) is 34.2 Å². The maximum absolute atomic E-state index is 3.58. The standard InChI is InChI=1S/C15H22BrN/c1-14(2)13(15(14,3)4)10-17-9-11-6-5-7-12(16)8-11/h5-8,13,17H,9-10H2,1-4H3. The van der Waals surface area contributed by atoms with Gasteiger partial charge in [-0.3, -0.25) is 0 Å². The largest absolute Gasteiger partial charge is 0.312 e. The van der Waals surface area contributed by atoms with Gasteiger partial charge in [0.25, 0.3) is 0 Å². The fourth-order valence-corrected chi connectivity index (χ4v) is 3.30. The summed E-state index contributed by atoms with van der Waals surface area (Å²) in [5.41, 5.74) is 2.31. The molecule has 0 bridgehead atoms. The molecule has 0 aliphatic heterocycles. The van der Waals surface area contributed by atoms with Crippen LogP contribution in [0.5, 0.6) is 0 Å². The van der Waals surface area contributed by atoms with Crippen LogP contribution in [0.4, 0.5) is 0 Å². The van der Waals surface area contributed by atoms with Crippen LogP contribution < -0.4 is 5.32 Å². The lowest BCUT2D eigenvalue weighted by molar-refractivity contribution is 0.457. The van der Waals surface area contributed by atoms with E-state index in [1.807, 2.05) is 0 Å². The summed E-state index contributed by atoms with van der Waals surface area (Å²) in [5.74, 6) is 0.794. The summed E-state index contributed by atoms with van der Waals surface area (Å²) in [6.07, 6.45) is 0. The highest BCUT2D eigenvalue weighted by Gasteiger charge is 2.63. The Hall–Kier alpha value is -0.340. The molecule has 94 valence electrons. The third-order valence-electron chi connectivity index (χ3n) is 4.89. The Bertz CT molecular complexity index is 395. The Morgan fingerprint density at radius 2 is 1.82 bits per heavy atom. The van der Waals surface area contributed by atoms with E-state index in [0.717, 1.165) is 23.5 Å². The van der Waals surface area contributed by atoms with Crippen molar-refractivity contribution in [3.05, 3.63) is 34.3 Å². The Balaban J connectivity index is 1.82. The van der Waals surface area contributed by atoms with Crippen LogP contribution in [-0.2, 0) is 6.54 Å². The summed E-state index contributed by atoms with van der Waals surface area (Å²) in [4.78, 5) is 0. The van der Waals surface area contributed by atoms with Gasteiger partial charge in [-0.25, -0.2) is 0 Å². The molecular weight excluding hydrogens is 274 g/mol. The number of benzene rings is 1. The average Bonchev–Trinajstić information content (AvgIpc) is 2.60. The van der Waals surface area contributed by atoms with Crippen LogP contribution in [0, 0.1) is 16.7 Å². The van der Waals surface area contributed by atoms with E-state index in [9.17, 15) is 0 Å². The van der Waals surface area contributed by atoms with Crippen LogP contribution in [0.25, 0.3) is 0 Å². The quantitative estimate of drug-likeness (QED) is 0.877. The third-order valence-corrected chi connectivity index (χ3v) is 5.38. The molecule has 2 heteroatoms. The summed E-state index contributed by atoms with van der Waals surface area (Å²) in [7, 11) is 0. The highest BCUT2D eigenvalue weighted by molar-refractivity contribution is 9.10. The Morgan fingerprint density at radius 3 is 2.35 bits per heavy atom. The van der Waals surface area contributed by atoms with Crippen LogP contribution in [0.2, 0.25) is 0 Å². The van der Waals surface area contributed by atoms with Crippen molar-refractivity contribution >= 4 is 15.9 Å². The lowest BCUT2D eigenvalue weighted by Crippen LogP contribution is -2.18. The van der Waals surface area contributed by atoms with Gasteiger partial charge in [-0.05, 0) is 41.0 Å². The molecule has 2 rings (SSSR count). The number of halogens is 1. The molecule has 1 N–H and O–H groups in total. The Morgan fingerprint density at radius 1 is 1.18 bits per heavy atom. The molecule has 0 heterocycles. The van der Waals surface area contributed by atoms with E-state index in [1.165, 1.54) is 5.56 Å². The number of rotatable bonds is 4. The van der Waals surface area contributed by atoms with Gasteiger partial charge in [-0.1, -0.05) is 55.8 Å². The number of hydrogen-bond donors (Lipinski definition) is 1. The van der Waals surface area contributed by atoms with Crippen molar-refractivity contribution in [1.82, 2.24) is 5.32 Å². The molecule has 17 heavy (non-hydrogen) atoms. The molecule has 0 aromatic heterocycles. The molecule has 1 fully saturated rings. The molecule has 0 saturated heterocycles. The number of nitrogens with one attached hydrogen (secondary N) is 1. The first-order valence-electron chi connectivity index (χ1n) is 6.31. The fourth-order valence-electron chi connectivity index (χ4n) is 2.85. The lowest BCUT2D eigenvalue weighted by atomic mass is 10.0. The summed E-state index contributed by atoms with van der Waals surface area (Å²) in [5, 5.41) is 3.58. The monoisotopic (exact) mass is 295 g/mol. The molecule has 1 aliphatic rings. The fraction of sp³-hybridized carbons (Fsp3) is 0.600. The van der Waals surface area contributed by atoms with E-state index in [0.29, 0.717) is 10.8 Å².